The first-order valence-electron chi connectivity index (χ1n) is 4.69. The van der Waals surface area contributed by atoms with Gasteiger partial charge in [-0.15, -0.1) is 0 Å². The molecule has 3 N–H and O–H groups in total. The maximum atomic E-state index is 13.1. The van der Waals surface area contributed by atoms with Crippen molar-refractivity contribution in [2.24, 2.45) is 5.73 Å². The number of hydrogen-bond acceptors (Lipinski definition) is 2. The van der Waals surface area contributed by atoms with E-state index in [0.29, 0.717) is 13.0 Å². The van der Waals surface area contributed by atoms with E-state index in [9.17, 15) is 18.0 Å². The van der Waals surface area contributed by atoms with Crippen LogP contribution in [0.3, 0.4) is 0 Å². The molecular formula is C10H11F3N2O. The fourth-order valence-corrected chi connectivity index (χ4v) is 1.10. The zero-order valence-electron chi connectivity index (χ0n) is 8.40. The van der Waals surface area contributed by atoms with Crippen LogP contribution in [0.25, 0.3) is 0 Å². The number of amides is 1. The highest BCUT2D eigenvalue weighted by molar-refractivity contribution is 5.90. The van der Waals surface area contributed by atoms with Gasteiger partial charge in [0.2, 0.25) is 5.91 Å². The standard InChI is InChI=1S/C10H11F3N2O/c11-6-3-4-7(10(13)9(6)12)15-8(16)2-1-5-14/h3-4H,1-2,5,14H2,(H,15,16). The Morgan fingerprint density at radius 3 is 2.56 bits per heavy atom. The van der Waals surface area contributed by atoms with Crippen molar-refractivity contribution in [1.29, 1.82) is 0 Å². The lowest BCUT2D eigenvalue weighted by Gasteiger charge is -2.06. The summed E-state index contributed by atoms with van der Waals surface area (Å²) in [6.45, 7) is 0.327. The Morgan fingerprint density at radius 2 is 1.94 bits per heavy atom. The van der Waals surface area contributed by atoms with Gasteiger partial charge in [0, 0.05) is 6.42 Å². The summed E-state index contributed by atoms with van der Waals surface area (Å²) in [5, 5.41) is 2.14. The van der Waals surface area contributed by atoms with Gasteiger partial charge in [0.15, 0.2) is 17.5 Å². The minimum atomic E-state index is -1.60. The average molecular weight is 232 g/mol. The summed E-state index contributed by atoms with van der Waals surface area (Å²) in [5.41, 5.74) is 4.81. The summed E-state index contributed by atoms with van der Waals surface area (Å²) in [7, 11) is 0. The largest absolute Gasteiger partial charge is 0.330 e. The van der Waals surface area contributed by atoms with Gasteiger partial charge in [-0.1, -0.05) is 0 Å². The first kappa shape index (κ1) is 12.5. The Bertz CT molecular complexity index is 396. The van der Waals surface area contributed by atoms with E-state index in [1.54, 1.807) is 0 Å². The molecule has 1 rings (SSSR count). The van der Waals surface area contributed by atoms with E-state index < -0.39 is 23.4 Å². The highest BCUT2D eigenvalue weighted by Gasteiger charge is 2.14. The summed E-state index contributed by atoms with van der Waals surface area (Å²) < 4.78 is 38.4. The molecule has 0 aliphatic rings. The topological polar surface area (TPSA) is 55.1 Å². The maximum absolute atomic E-state index is 13.1. The number of benzene rings is 1. The highest BCUT2D eigenvalue weighted by Crippen LogP contribution is 2.19. The van der Waals surface area contributed by atoms with Crippen molar-refractivity contribution in [2.75, 3.05) is 11.9 Å². The summed E-state index contributed by atoms with van der Waals surface area (Å²) >= 11 is 0. The van der Waals surface area contributed by atoms with Crippen molar-refractivity contribution < 1.29 is 18.0 Å². The second-order valence-corrected chi connectivity index (χ2v) is 3.16. The smallest absolute Gasteiger partial charge is 0.224 e. The molecule has 3 nitrogen and oxygen atoms in total. The molecule has 0 fully saturated rings. The van der Waals surface area contributed by atoms with Crippen LogP contribution >= 0.6 is 0 Å². The van der Waals surface area contributed by atoms with E-state index in [1.807, 2.05) is 0 Å². The zero-order valence-corrected chi connectivity index (χ0v) is 8.40. The van der Waals surface area contributed by atoms with E-state index in [2.05, 4.69) is 5.32 Å². The number of anilines is 1. The molecule has 0 heterocycles. The molecule has 0 spiro atoms. The Hall–Kier alpha value is -1.56. The van der Waals surface area contributed by atoms with Gasteiger partial charge < -0.3 is 11.1 Å². The number of halogens is 3. The molecule has 1 amide bonds. The van der Waals surface area contributed by atoms with E-state index >= 15 is 0 Å². The van der Waals surface area contributed by atoms with Gasteiger partial charge in [0.25, 0.3) is 0 Å². The normalized spacial score (nSPS) is 10.2. The molecule has 0 bridgehead atoms. The Labute approximate surface area is 90.4 Å². The molecule has 0 aliphatic heterocycles. The van der Waals surface area contributed by atoms with E-state index in [1.165, 1.54) is 0 Å². The Kier molecular flexibility index (Phi) is 4.30. The van der Waals surface area contributed by atoms with Crippen molar-refractivity contribution in [2.45, 2.75) is 12.8 Å². The fraction of sp³-hybridized carbons (Fsp3) is 0.300. The number of hydrogen-bond donors (Lipinski definition) is 2. The molecule has 0 atom stereocenters. The summed E-state index contributed by atoms with van der Waals surface area (Å²) in [6.07, 6.45) is 0.548. The number of nitrogens with one attached hydrogen (secondary N) is 1. The van der Waals surface area contributed by atoms with Crippen LogP contribution in [0.2, 0.25) is 0 Å². The van der Waals surface area contributed by atoms with Gasteiger partial charge in [-0.05, 0) is 25.1 Å². The average Bonchev–Trinajstić information content (AvgIpc) is 2.27. The van der Waals surface area contributed by atoms with Crippen LogP contribution in [0.5, 0.6) is 0 Å². The van der Waals surface area contributed by atoms with E-state index in [0.717, 1.165) is 12.1 Å². The summed E-state index contributed by atoms with van der Waals surface area (Å²) in [5.74, 6) is -4.79. The quantitative estimate of drug-likeness (QED) is 0.777. The molecule has 88 valence electrons. The van der Waals surface area contributed by atoms with E-state index in [-0.39, 0.29) is 12.1 Å². The van der Waals surface area contributed by atoms with Crippen molar-refractivity contribution in [3.8, 4) is 0 Å². The lowest BCUT2D eigenvalue weighted by Crippen LogP contribution is -2.15. The van der Waals surface area contributed by atoms with Crippen LogP contribution in [0, 0.1) is 17.5 Å². The third-order valence-corrected chi connectivity index (χ3v) is 1.92. The predicted octanol–water partition coefficient (Wildman–Crippen LogP) is 1.78. The number of rotatable bonds is 4. The van der Waals surface area contributed by atoms with Gasteiger partial charge in [-0.25, -0.2) is 13.2 Å². The monoisotopic (exact) mass is 232 g/mol. The Balaban J connectivity index is 2.74. The van der Waals surface area contributed by atoms with Gasteiger partial charge >= 0.3 is 0 Å². The van der Waals surface area contributed by atoms with E-state index in [4.69, 9.17) is 5.73 Å². The first-order chi connectivity index (χ1) is 7.56. The minimum absolute atomic E-state index is 0.106. The van der Waals surface area contributed by atoms with Crippen molar-refractivity contribution in [3.05, 3.63) is 29.6 Å². The van der Waals surface area contributed by atoms with Crippen LogP contribution in [0.15, 0.2) is 12.1 Å². The molecule has 0 aliphatic carbocycles. The van der Waals surface area contributed by atoms with Gasteiger partial charge in [0.1, 0.15) is 0 Å². The number of nitrogens with two attached hydrogens (primary N) is 1. The molecule has 0 saturated heterocycles. The maximum Gasteiger partial charge on any atom is 0.224 e. The molecular weight excluding hydrogens is 221 g/mol. The molecule has 0 unspecified atom stereocenters. The summed E-state index contributed by atoms with van der Waals surface area (Å²) in [6, 6.07) is 1.71. The molecule has 1 aromatic rings. The molecule has 0 radical (unpaired) electrons. The predicted molar refractivity (Wildman–Crippen MR) is 53.2 cm³/mol. The number of carbonyl (C=O) groups is 1. The SMILES string of the molecule is NCCCC(=O)Nc1ccc(F)c(F)c1F. The fourth-order valence-electron chi connectivity index (χ4n) is 1.10. The van der Waals surface area contributed by atoms with Crippen molar-refractivity contribution in [1.82, 2.24) is 0 Å². The van der Waals surface area contributed by atoms with Gasteiger partial charge in [-0.3, -0.25) is 4.79 Å². The van der Waals surface area contributed by atoms with Crippen LogP contribution in [-0.4, -0.2) is 12.5 Å². The number of carbonyl (C=O) groups excluding carboxylic acids is 1. The van der Waals surface area contributed by atoms with Crippen LogP contribution in [0.1, 0.15) is 12.8 Å². The van der Waals surface area contributed by atoms with Crippen molar-refractivity contribution >= 4 is 11.6 Å². The molecule has 1 aromatic carbocycles. The third kappa shape index (κ3) is 2.96. The zero-order chi connectivity index (χ0) is 12.1. The first-order valence-corrected chi connectivity index (χ1v) is 4.69. The second-order valence-electron chi connectivity index (χ2n) is 3.16. The molecule has 0 saturated carbocycles. The highest BCUT2D eigenvalue weighted by atomic mass is 19.2. The van der Waals surface area contributed by atoms with Crippen LogP contribution in [0.4, 0.5) is 18.9 Å². The molecule has 6 heteroatoms. The summed E-state index contributed by atoms with van der Waals surface area (Å²) in [4.78, 5) is 11.2. The van der Waals surface area contributed by atoms with Crippen LogP contribution < -0.4 is 11.1 Å². The second kappa shape index (κ2) is 5.50. The van der Waals surface area contributed by atoms with Crippen LogP contribution in [-0.2, 0) is 4.79 Å². The molecule has 16 heavy (non-hydrogen) atoms. The van der Waals surface area contributed by atoms with Gasteiger partial charge in [-0.2, -0.15) is 0 Å². The lowest BCUT2D eigenvalue weighted by atomic mass is 10.2. The lowest BCUT2D eigenvalue weighted by molar-refractivity contribution is -0.116. The minimum Gasteiger partial charge on any atom is -0.330 e. The van der Waals surface area contributed by atoms with Gasteiger partial charge in [0.05, 0.1) is 5.69 Å². The molecule has 0 aromatic heterocycles. The third-order valence-electron chi connectivity index (χ3n) is 1.92. The van der Waals surface area contributed by atoms with Crippen molar-refractivity contribution in [3.63, 3.8) is 0 Å². The Morgan fingerprint density at radius 1 is 1.25 bits per heavy atom.